The highest BCUT2D eigenvalue weighted by atomic mass is 19.1. The standard InChI is InChI=1S/C18H22BFO3/c1-17(2)18(3,4)23-19(22-17)15-10-9-14(11-16(15)20)21-12-13-7-5-6-8-13/h5-7,9-11H,8,12H2,1-4H3. The highest BCUT2D eigenvalue weighted by Gasteiger charge is 2.52. The van der Waals surface area contributed by atoms with Gasteiger partial charge in [-0.2, -0.15) is 0 Å². The van der Waals surface area contributed by atoms with Crippen LogP contribution in [0.4, 0.5) is 4.39 Å². The number of benzene rings is 1. The van der Waals surface area contributed by atoms with E-state index in [1.165, 1.54) is 11.6 Å². The van der Waals surface area contributed by atoms with Gasteiger partial charge in [0.25, 0.3) is 0 Å². The van der Waals surface area contributed by atoms with Gasteiger partial charge in [0, 0.05) is 11.5 Å². The third-order valence-corrected chi connectivity index (χ3v) is 4.75. The van der Waals surface area contributed by atoms with Gasteiger partial charge in [0.15, 0.2) is 0 Å². The summed E-state index contributed by atoms with van der Waals surface area (Å²) in [5.41, 5.74) is 0.612. The molecule has 0 amide bonds. The summed E-state index contributed by atoms with van der Waals surface area (Å²) >= 11 is 0. The zero-order chi connectivity index (χ0) is 16.7. The number of halogens is 1. The van der Waals surface area contributed by atoms with Crippen LogP contribution >= 0.6 is 0 Å². The molecule has 1 fully saturated rings. The van der Waals surface area contributed by atoms with E-state index in [2.05, 4.69) is 6.08 Å². The quantitative estimate of drug-likeness (QED) is 0.797. The zero-order valence-electron chi connectivity index (χ0n) is 14.1. The molecule has 0 saturated carbocycles. The van der Waals surface area contributed by atoms with Gasteiger partial charge in [0.05, 0.1) is 11.2 Å². The van der Waals surface area contributed by atoms with Crippen LogP contribution in [0, 0.1) is 5.82 Å². The van der Waals surface area contributed by atoms with Crippen LogP contribution in [0.25, 0.3) is 0 Å². The summed E-state index contributed by atoms with van der Waals surface area (Å²) in [7, 11) is -0.698. The summed E-state index contributed by atoms with van der Waals surface area (Å²) in [5.74, 6) is 0.134. The van der Waals surface area contributed by atoms with E-state index in [1.807, 2.05) is 39.8 Å². The monoisotopic (exact) mass is 316 g/mol. The van der Waals surface area contributed by atoms with Gasteiger partial charge in [-0.25, -0.2) is 4.39 Å². The Morgan fingerprint density at radius 3 is 2.43 bits per heavy atom. The van der Waals surface area contributed by atoms with E-state index in [1.54, 1.807) is 12.1 Å². The van der Waals surface area contributed by atoms with Crippen molar-refractivity contribution in [2.24, 2.45) is 0 Å². The van der Waals surface area contributed by atoms with Crippen molar-refractivity contribution in [3.8, 4) is 5.75 Å². The highest BCUT2D eigenvalue weighted by molar-refractivity contribution is 6.62. The third kappa shape index (κ3) is 3.21. The summed E-state index contributed by atoms with van der Waals surface area (Å²) in [5, 5.41) is 0. The van der Waals surface area contributed by atoms with Crippen LogP contribution in [0.1, 0.15) is 34.1 Å². The summed E-state index contributed by atoms with van der Waals surface area (Å²) in [4.78, 5) is 0. The number of ether oxygens (including phenoxy) is 1. The average Bonchev–Trinajstić information content (AvgIpc) is 3.03. The van der Waals surface area contributed by atoms with E-state index >= 15 is 0 Å². The van der Waals surface area contributed by atoms with Gasteiger partial charge < -0.3 is 14.0 Å². The number of rotatable bonds is 4. The molecule has 2 aliphatic rings. The van der Waals surface area contributed by atoms with Crippen LogP contribution in [0.15, 0.2) is 42.0 Å². The Bertz CT molecular complexity index is 648. The van der Waals surface area contributed by atoms with E-state index in [9.17, 15) is 4.39 Å². The maximum atomic E-state index is 14.4. The van der Waals surface area contributed by atoms with Gasteiger partial charge >= 0.3 is 7.12 Å². The molecule has 1 saturated heterocycles. The number of hydrogen-bond donors (Lipinski definition) is 0. The largest absolute Gasteiger partial charge is 0.497 e. The molecule has 1 aromatic rings. The van der Waals surface area contributed by atoms with Crippen molar-refractivity contribution in [2.45, 2.75) is 45.3 Å². The molecule has 1 aliphatic carbocycles. The van der Waals surface area contributed by atoms with Crippen LogP contribution in [0.5, 0.6) is 5.75 Å². The Morgan fingerprint density at radius 2 is 1.87 bits per heavy atom. The molecule has 0 atom stereocenters. The van der Waals surface area contributed by atoms with Crippen LogP contribution in [0.3, 0.4) is 0 Å². The number of allylic oxidation sites excluding steroid dienone is 3. The van der Waals surface area contributed by atoms with E-state index in [4.69, 9.17) is 14.0 Å². The second-order valence-corrected chi connectivity index (χ2v) is 7.02. The van der Waals surface area contributed by atoms with Crippen LogP contribution in [0.2, 0.25) is 0 Å². The van der Waals surface area contributed by atoms with Crippen molar-refractivity contribution in [1.29, 1.82) is 0 Å². The predicted molar refractivity (Wildman–Crippen MR) is 89.5 cm³/mol. The highest BCUT2D eigenvalue weighted by Crippen LogP contribution is 2.36. The molecule has 5 heteroatoms. The molecule has 122 valence electrons. The lowest BCUT2D eigenvalue weighted by Gasteiger charge is -2.32. The van der Waals surface area contributed by atoms with Crippen molar-refractivity contribution in [3.63, 3.8) is 0 Å². The second-order valence-electron chi connectivity index (χ2n) is 7.02. The Balaban J connectivity index is 1.70. The SMILES string of the molecule is CC1(C)OB(c2ccc(OCC3=CC=CC3)cc2F)OC1(C)C. The Labute approximate surface area is 137 Å². The maximum absolute atomic E-state index is 14.4. The molecule has 0 spiro atoms. The van der Waals surface area contributed by atoms with Crippen molar-refractivity contribution in [1.82, 2.24) is 0 Å². The topological polar surface area (TPSA) is 27.7 Å². The van der Waals surface area contributed by atoms with Gasteiger partial charge in [-0.1, -0.05) is 24.3 Å². The lowest BCUT2D eigenvalue weighted by molar-refractivity contribution is 0.00578. The van der Waals surface area contributed by atoms with Crippen LogP contribution < -0.4 is 10.2 Å². The molecular formula is C18H22BFO3. The smallest absolute Gasteiger partial charge is 0.489 e. The minimum Gasteiger partial charge on any atom is -0.489 e. The summed E-state index contributed by atoms with van der Waals surface area (Å²) in [6.45, 7) is 8.28. The first kappa shape index (κ1) is 16.3. The van der Waals surface area contributed by atoms with Crippen LogP contribution in [-0.2, 0) is 9.31 Å². The molecule has 0 radical (unpaired) electrons. The average molecular weight is 316 g/mol. The molecule has 3 nitrogen and oxygen atoms in total. The molecule has 0 aromatic heterocycles. The van der Waals surface area contributed by atoms with Crippen LogP contribution in [-0.4, -0.2) is 24.9 Å². The first-order chi connectivity index (χ1) is 10.8. The molecule has 23 heavy (non-hydrogen) atoms. The molecule has 0 bridgehead atoms. The second kappa shape index (κ2) is 5.80. The third-order valence-electron chi connectivity index (χ3n) is 4.75. The lowest BCUT2D eigenvalue weighted by atomic mass is 9.78. The molecule has 3 rings (SSSR count). The van der Waals surface area contributed by atoms with Crippen molar-refractivity contribution >= 4 is 12.6 Å². The van der Waals surface area contributed by atoms with Gasteiger partial charge in [0.1, 0.15) is 18.2 Å². The lowest BCUT2D eigenvalue weighted by Crippen LogP contribution is -2.41. The first-order valence-corrected chi connectivity index (χ1v) is 7.91. The van der Waals surface area contributed by atoms with E-state index in [0.717, 1.165) is 6.42 Å². The fraction of sp³-hybridized carbons (Fsp3) is 0.444. The van der Waals surface area contributed by atoms with E-state index in [0.29, 0.717) is 17.8 Å². The van der Waals surface area contributed by atoms with E-state index < -0.39 is 18.3 Å². The predicted octanol–water partition coefficient (Wildman–Crippen LogP) is 3.39. The van der Waals surface area contributed by atoms with Gasteiger partial charge in [-0.05, 0) is 45.8 Å². The van der Waals surface area contributed by atoms with Crippen molar-refractivity contribution < 1.29 is 18.4 Å². The minimum atomic E-state index is -0.698. The Morgan fingerprint density at radius 1 is 1.17 bits per heavy atom. The Hall–Kier alpha value is -1.59. The minimum absolute atomic E-state index is 0.375. The number of hydrogen-bond acceptors (Lipinski definition) is 3. The van der Waals surface area contributed by atoms with Gasteiger partial charge in [-0.15, -0.1) is 0 Å². The van der Waals surface area contributed by atoms with E-state index in [-0.39, 0.29) is 5.82 Å². The van der Waals surface area contributed by atoms with Gasteiger partial charge in [0.2, 0.25) is 0 Å². The summed E-state index contributed by atoms with van der Waals surface area (Å²) in [6.07, 6.45) is 6.99. The normalized spacial score (nSPS) is 21.6. The van der Waals surface area contributed by atoms with Crippen molar-refractivity contribution in [2.75, 3.05) is 6.61 Å². The molecule has 1 aromatic carbocycles. The van der Waals surface area contributed by atoms with Gasteiger partial charge in [-0.3, -0.25) is 0 Å². The maximum Gasteiger partial charge on any atom is 0.497 e. The fourth-order valence-corrected chi connectivity index (χ4v) is 2.53. The molecule has 1 aliphatic heterocycles. The summed E-state index contributed by atoms with van der Waals surface area (Å²) in [6, 6.07) is 4.82. The molecular weight excluding hydrogens is 294 g/mol. The fourth-order valence-electron chi connectivity index (χ4n) is 2.53. The first-order valence-electron chi connectivity index (χ1n) is 7.91. The summed E-state index contributed by atoms with van der Waals surface area (Å²) < 4.78 is 31.9. The molecule has 1 heterocycles. The molecule has 0 N–H and O–H groups in total. The van der Waals surface area contributed by atoms with Crippen molar-refractivity contribution in [3.05, 3.63) is 47.8 Å². The Kier molecular flexibility index (Phi) is 4.11. The molecule has 0 unspecified atom stereocenters. The zero-order valence-corrected chi connectivity index (χ0v) is 14.1.